The summed E-state index contributed by atoms with van der Waals surface area (Å²) in [5, 5.41) is 13.3. The zero-order valence-corrected chi connectivity index (χ0v) is 14.8. The summed E-state index contributed by atoms with van der Waals surface area (Å²) < 4.78 is 5.18. The first-order valence-corrected chi connectivity index (χ1v) is 9.87. The second-order valence-corrected chi connectivity index (χ2v) is 8.93. The Morgan fingerprint density at radius 3 is 2.56 bits per heavy atom. The Morgan fingerprint density at radius 2 is 1.92 bits per heavy atom. The molecule has 0 aliphatic heterocycles. The van der Waals surface area contributed by atoms with E-state index in [2.05, 4.69) is 15.5 Å². The number of aromatic nitrogens is 2. The summed E-state index contributed by atoms with van der Waals surface area (Å²) in [5.41, 5.74) is 0.236. The molecule has 0 saturated heterocycles. The molecule has 0 spiro atoms. The number of amides is 1. The predicted molar refractivity (Wildman–Crippen MR) is 96.1 cm³/mol. The van der Waals surface area contributed by atoms with Crippen LogP contribution in [0.15, 0.2) is 28.9 Å². The lowest BCUT2D eigenvalue weighted by Crippen LogP contribution is -2.48. The summed E-state index contributed by atoms with van der Waals surface area (Å²) in [5.74, 6) is 3.09. The van der Waals surface area contributed by atoms with Gasteiger partial charge in [-0.25, -0.2) is 0 Å². The molecule has 4 aliphatic rings. The van der Waals surface area contributed by atoms with Crippen molar-refractivity contribution in [2.24, 2.45) is 17.8 Å². The van der Waals surface area contributed by atoms with E-state index in [0.29, 0.717) is 10.9 Å². The molecule has 2 aromatic rings. The predicted octanol–water partition coefficient (Wildman–Crippen LogP) is 4.25. The molecule has 130 valence electrons. The number of nitrogens with zero attached hydrogens (tertiary/aromatic N) is 2. The van der Waals surface area contributed by atoms with Gasteiger partial charge in [0.2, 0.25) is 11.0 Å². The topological polar surface area (TPSA) is 68.0 Å². The van der Waals surface area contributed by atoms with Gasteiger partial charge >= 0.3 is 0 Å². The third-order valence-corrected chi connectivity index (χ3v) is 7.17. The first-order valence-electron chi connectivity index (χ1n) is 9.05. The zero-order chi connectivity index (χ0) is 16.9. The Morgan fingerprint density at radius 1 is 1.20 bits per heavy atom. The number of hydrogen-bond donors (Lipinski definition) is 1. The van der Waals surface area contributed by atoms with Gasteiger partial charge in [0.25, 0.3) is 0 Å². The summed E-state index contributed by atoms with van der Waals surface area (Å²) in [7, 11) is 0. The van der Waals surface area contributed by atoms with Crippen molar-refractivity contribution in [1.29, 1.82) is 0 Å². The molecule has 4 bridgehead atoms. The van der Waals surface area contributed by atoms with Crippen LogP contribution in [0.25, 0.3) is 6.08 Å². The Balaban J connectivity index is 1.30. The molecule has 4 saturated carbocycles. The molecule has 0 aromatic carbocycles. The van der Waals surface area contributed by atoms with Crippen molar-refractivity contribution in [1.82, 2.24) is 10.2 Å². The number of rotatable bonds is 4. The van der Waals surface area contributed by atoms with E-state index in [1.807, 2.05) is 0 Å². The lowest BCUT2D eigenvalue weighted by molar-refractivity contribution is -0.111. The van der Waals surface area contributed by atoms with Crippen molar-refractivity contribution in [2.75, 3.05) is 5.32 Å². The van der Waals surface area contributed by atoms with Crippen LogP contribution in [0.2, 0.25) is 0 Å². The van der Waals surface area contributed by atoms with E-state index in [9.17, 15) is 4.79 Å². The SMILES string of the molecule is O=C(/C=C/c1ccco1)Nc1nnc(C23CC4CC(CC(C4)C2)C3)s1. The normalized spacial score (nSPS) is 33.2. The maximum atomic E-state index is 12.1. The van der Waals surface area contributed by atoms with Crippen LogP contribution in [0.1, 0.15) is 49.3 Å². The molecular formula is C19H21N3O2S. The largest absolute Gasteiger partial charge is 0.465 e. The van der Waals surface area contributed by atoms with Crippen LogP contribution in [0.5, 0.6) is 0 Å². The second kappa shape index (κ2) is 5.80. The monoisotopic (exact) mass is 355 g/mol. The summed E-state index contributed by atoms with van der Waals surface area (Å²) in [6.07, 6.45) is 12.7. The Bertz CT molecular complexity index is 773. The highest BCUT2D eigenvalue weighted by Crippen LogP contribution is 2.61. The maximum absolute atomic E-state index is 12.1. The van der Waals surface area contributed by atoms with Crippen LogP contribution in [0.3, 0.4) is 0 Å². The number of nitrogens with one attached hydrogen (secondary N) is 1. The Kier molecular flexibility index (Phi) is 3.55. The molecular weight excluding hydrogens is 334 g/mol. The minimum absolute atomic E-state index is 0.204. The third-order valence-electron chi connectivity index (χ3n) is 6.09. The number of carbonyl (C=O) groups excluding carboxylic acids is 1. The fourth-order valence-electron chi connectivity index (χ4n) is 5.55. The average molecular weight is 355 g/mol. The molecule has 2 aromatic heterocycles. The van der Waals surface area contributed by atoms with E-state index in [1.165, 1.54) is 44.6 Å². The lowest BCUT2D eigenvalue weighted by Gasteiger charge is -2.55. The van der Waals surface area contributed by atoms with Gasteiger partial charge in [0.05, 0.1) is 6.26 Å². The Labute approximate surface area is 150 Å². The number of hydrogen-bond acceptors (Lipinski definition) is 5. The van der Waals surface area contributed by atoms with Crippen molar-refractivity contribution in [3.8, 4) is 0 Å². The smallest absolute Gasteiger partial charge is 0.250 e. The van der Waals surface area contributed by atoms with Gasteiger partial charge in [-0.05, 0) is 74.5 Å². The van der Waals surface area contributed by atoms with Gasteiger partial charge in [-0.15, -0.1) is 10.2 Å². The van der Waals surface area contributed by atoms with Crippen LogP contribution in [0.4, 0.5) is 5.13 Å². The van der Waals surface area contributed by atoms with Crippen LogP contribution in [0, 0.1) is 17.8 Å². The molecule has 5 nitrogen and oxygen atoms in total. The van der Waals surface area contributed by atoms with Crippen molar-refractivity contribution in [2.45, 2.75) is 43.9 Å². The molecule has 4 fully saturated rings. The van der Waals surface area contributed by atoms with Crippen molar-refractivity contribution >= 4 is 28.5 Å². The molecule has 25 heavy (non-hydrogen) atoms. The van der Waals surface area contributed by atoms with Gasteiger partial charge in [0, 0.05) is 11.5 Å². The van der Waals surface area contributed by atoms with Gasteiger partial charge < -0.3 is 4.42 Å². The first-order chi connectivity index (χ1) is 12.2. The van der Waals surface area contributed by atoms with E-state index in [0.717, 1.165) is 22.8 Å². The standard InChI is InChI=1S/C19H21N3O2S/c23-16(4-3-15-2-1-5-24-15)20-18-22-21-17(25-18)19-9-12-6-13(10-19)8-14(7-12)11-19/h1-5,12-14H,6-11H2,(H,20,22,23)/b4-3+. The fraction of sp³-hybridized carbons (Fsp3) is 0.526. The highest BCUT2D eigenvalue weighted by Gasteiger charge is 2.53. The van der Waals surface area contributed by atoms with Gasteiger partial charge in [0.15, 0.2) is 0 Å². The fourth-order valence-corrected chi connectivity index (χ4v) is 6.52. The summed E-state index contributed by atoms with van der Waals surface area (Å²) >= 11 is 1.56. The lowest BCUT2D eigenvalue weighted by atomic mass is 9.50. The third kappa shape index (κ3) is 2.82. The van der Waals surface area contributed by atoms with E-state index in [-0.39, 0.29) is 11.3 Å². The van der Waals surface area contributed by atoms with Crippen LogP contribution < -0.4 is 5.32 Å². The zero-order valence-electron chi connectivity index (χ0n) is 14.0. The molecule has 1 amide bonds. The van der Waals surface area contributed by atoms with Gasteiger partial charge in [0.1, 0.15) is 10.8 Å². The van der Waals surface area contributed by atoms with Crippen molar-refractivity contribution < 1.29 is 9.21 Å². The summed E-state index contributed by atoms with van der Waals surface area (Å²) in [4.78, 5) is 12.1. The van der Waals surface area contributed by atoms with E-state index >= 15 is 0 Å². The summed E-state index contributed by atoms with van der Waals surface area (Å²) in [6.45, 7) is 0. The first kappa shape index (κ1) is 15.3. The number of carbonyl (C=O) groups is 1. The van der Waals surface area contributed by atoms with E-state index in [4.69, 9.17) is 4.42 Å². The molecule has 0 radical (unpaired) electrons. The molecule has 0 unspecified atom stereocenters. The molecule has 4 aliphatic carbocycles. The average Bonchev–Trinajstić information content (AvgIpc) is 3.23. The molecule has 6 rings (SSSR count). The number of anilines is 1. The second-order valence-electron chi connectivity index (χ2n) is 7.95. The number of furan rings is 1. The Hall–Kier alpha value is -1.95. The highest BCUT2D eigenvalue weighted by atomic mass is 32.1. The van der Waals surface area contributed by atoms with Crippen molar-refractivity contribution in [3.05, 3.63) is 35.2 Å². The van der Waals surface area contributed by atoms with Crippen LogP contribution in [-0.4, -0.2) is 16.1 Å². The molecule has 2 heterocycles. The van der Waals surface area contributed by atoms with Gasteiger partial charge in [-0.3, -0.25) is 10.1 Å². The molecule has 1 N–H and O–H groups in total. The van der Waals surface area contributed by atoms with E-state index < -0.39 is 0 Å². The summed E-state index contributed by atoms with van der Waals surface area (Å²) in [6, 6.07) is 3.60. The molecule has 6 heteroatoms. The van der Waals surface area contributed by atoms with Crippen LogP contribution in [-0.2, 0) is 10.2 Å². The van der Waals surface area contributed by atoms with Gasteiger partial charge in [-0.2, -0.15) is 0 Å². The van der Waals surface area contributed by atoms with E-state index in [1.54, 1.807) is 35.8 Å². The maximum Gasteiger partial charge on any atom is 0.250 e. The minimum Gasteiger partial charge on any atom is -0.465 e. The van der Waals surface area contributed by atoms with Crippen molar-refractivity contribution in [3.63, 3.8) is 0 Å². The highest BCUT2D eigenvalue weighted by molar-refractivity contribution is 7.15. The van der Waals surface area contributed by atoms with Crippen LogP contribution >= 0.6 is 11.3 Å². The quantitative estimate of drug-likeness (QED) is 0.833. The van der Waals surface area contributed by atoms with Gasteiger partial charge in [-0.1, -0.05) is 11.3 Å². The minimum atomic E-state index is -0.204. The molecule has 0 atom stereocenters.